The normalized spacial score (nSPS) is 19.4. The molecule has 1 rings (SSSR count). The Kier molecular flexibility index (Phi) is 6.34. The Hall–Kier alpha value is -0.770. The van der Waals surface area contributed by atoms with E-state index in [2.05, 4.69) is 12.2 Å². The van der Waals surface area contributed by atoms with Crippen LogP contribution in [0.4, 0.5) is 4.79 Å². The number of unbranched alkanes of at least 4 members (excludes halogenated alkanes) is 1. The summed E-state index contributed by atoms with van der Waals surface area (Å²) in [6.45, 7) is 7.81. The summed E-state index contributed by atoms with van der Waals surface area (Å²) in [7, 11) is 1.88. The molecule has 1 heterocycles. The third kappa shape index (κ3) is 4.54. The molecule has 0 aromatic heterocycles. The number of carbonyl (C=O) groups is 1. The molecule has 1 atom stereocenters. The predicted octanol–water partition coefficient (Wildman–Crippen LogP) is 1.91. The van der Waals surface area contributed by atoms with Crippen LogP contribution in [0.1, 0.15) is 39.5 Å². The SMILES string of the molecule is CCCCN(CC1CCCN1)C(=O)N(C)CC. The van der Waals surface area contributed by atoms with Crippen molar-refractivity contribution < 1.29 is 4.79 Å². The van der Waals surface area contributed by atoms with Crippen molar-refractivity contribution >= 4 is 6.03 Å². The molecule has 1 unspecified atom stereocenters. The van der Waals surface area contributed by atoms with Crippen molar-refractivity contribution in [3.05, 3.63) is 0 Å². The summed E-state index contributed by atoms with van der Waals surface area (Å²) in [4.78, 5) is 16.0. The van der Waals surface area contributed by atoms with Gasteiger partial charge in [-0.05, 0) is 32.7 Å². The average molecular weight is 241 g/mol. The molecule has 100 valence electrons. The lowest BCUT2D eigenvalue weighted by atomic mass is 10.2. The van der Waals surface area contributed by atoms with E-state index < -0.39 is 0 Å². The van der Waals surface area contributed by atoms with Crippen molar-refractivity contribution in [2.75, 3.05) is 33.2 Å². The third-order valence-corrected chi connectivity index (χ3v) is 3.46. The fourth-order valence-electron chi connectivity index (χ4n) is 2.17. The van der Waals surface area contributed by atoms with Crippen molar-refractivity contribution in [1.82, 2.24) is 15.1 Å². The number of urea groups is 1. The predicted molar refractivity (Wildman–Crippen MR) is 71.2 cm³/mol. The molecule has 4 heteroatoms. The fraction of sp³-hybridized carbons (Fsp3) is 0.923. The highest BCUT2D eigenvalue weighted by molar-refractivity contribution is 5.74. The summed E-state index contributed by atoms with van der Waals surface area (Å²) in [5.74, 6) is 0. The van der Waals surface area contributed by atoms with Gasteiger partial charge in [-0.1, -0.05) is 13.3 Å². The number of hydrogen-bond acceptors (Lipinski definition) is 2. The second kappa shape index (κ2) is 7.54. The highest BCUT2D eigenvalue weighted by atomic mass is 16.2. The summed E-state index contributed by atoms with van der Waals surface area (Å²) in [5.41, 5.74) is 0. The first-order chi connectivity index (χ1) is 8.19. The fourth-order valence-corrected chi connectivity index (χ4v) is 2.17. The zero-order valence-electron chi connectivity index (χ0n) is 11.5. The monoisotopic (exact) mass is 241 g/mol. The molecule has 0 saturated carbocycles. The Bertz CT molecular complexity index is 227. The van der Waals surface area contributed by atoms with Crippen LogP contribution in [0.25, 0.3) is 0 Å². The van der Waals surface area contributed by atoms with Crippen molar-refractivity contribution in [3.63, 3.8) is 0 Å². The molecule has 1 fully saturated rings. The summed E-state index contributed by atoms with van der Waals surface area (Å²) in [6.07, 6.45) is 4.67. The number of nitrogens with one attached hydrogen (secondary N) is 1. The molecule has 2 amide bonds. The number of rotatable bonds is 6. The van der Waals surface area contributed by atoms with Crippen LogP contribution in [0.3, 0.4) is 0 Å². The van der Waals surface area contributed by atoms with E-state index in [9.17, 15) is 4.79 Å². The Morgan fingerprint density at radius 1 is 1.41 bits per heavy atom. The lowest BCUT2D eigenvalue weighted by Gasteiger charge is -2.29. The largest absolute Gasteiger partial charge is 0.328 e. The van der Waals surface area contributed by atoms with Crippen molar-refractivity contribution in [1.29, 1.82) is 0 Å². The van der Waals surface area contributed by atoms with Crippen LogP contribution < -0.4 is 5.32 Å². The minimum atomic E-state index is 0.176. The van der Waals surface area contributed by atoms with E-state index in [1.54, 1.807) is 4.90 Å². The second-order valence-electron chi connectivity index (χ2n) is 4.89. The van der Waals surface area contributed by atoms with Gasteiger partial charge in [0, 0.05) is 32.7 Å². The average Bonchev–Trinajstić information content (AvgIpc) is 2.85. The van der Waals surface area contributed by atoms with Gasteiger partial charge < -0.3 is 15.1 Å². The first kappa shape index (κ1) is 14.3. The quantitative estimate of drug-likeness (QED) is 0.771. The van der Waals surface area contributed by atoms with Crippen molar-refractivity contribution in [2.45, 2.75) is 45.6 Å². The maximum absolute atomic E-state index is 12.2. The first-order valence-electron chi connectivity index (χ1n) is 6.92. The number of amides is 2. The smallest absolute Gasteiger partial charge is 0.319 e. The molecule has 0 radical (unpaired) electrons. The van der Waals surface area contributed by atoms with Crippen molar-refractivity contribution in [2.24, 2.45) is 0 Å². The Morgan fingerprint density at radius 3 is 2.71 bits per heavy atom. The number of carbonyl (C=O) groups excluding carboxylic acids is 1. The topological polar surface area (TPSA) is 35.6 Å². The highest BCUT2D eigenvalue weighted by Gasteiger charge is 2.22. The van der Waals surface area contributed by atoms with Crippen LogP contribution >= 0.6 is 0 Å². The van der Waals surface area contributed by atoms with Gasteiger partial charge in [0.05, 0.1) is 0 Å². The number of hydrogen-bond donors (Lipinski definition) is 1. The molecule has 1 saturated heterocycles. The molecular weight excluding hydrogens is 214 g/mol. The molecule has 1 N–H and O–H groups in total. The minimum absolute atomic E-state index is 0.176. The zero-order valence-corrected chi connectivity index (χ0v) is 11.5. The van der Waals surface area contributed by atoms with Gasteiger partial charge in [-0.25, -0.2) is 4.79 Å². The summed E-state index contributed by atoms with van der Waals surface area (Å²) in [5, 5.41) is 3.46. The van der Waals surface area contributed by atoms with E-state index in [4.69, 9.17) is 0 Å². The Morgan fingerprint density at radius 2 is 2.18 bits per heavy atom. The molecule has 0 spiro atoms. The second-order valence-corrected chi connectivity index (χ2v) is 4.89. The standard InChI is InChI=1S/C13H27N3O/c1-4-6-10-16(13(17)15(3)5-2)11-12-8-7-9-14-12/h12,14H,4-11H2,1-3H3. The number of nitrogens with zero attached hydrogens (tertiary/aromatic N) is 2. The summed E-state index contributed by atoms with van der Waals surface area (Å²) < 4.78 is 0. The molecule has 1 aliphatic heterocycles. The molecule has 4 nitrogen and oxygen atoms in total. The minimum Gasteiger partial charge on any atom is -0.328 e. The van der Waals surface area contributed by atoms with Gasteiger partial charge in [0.15, 0.2) is 0 Å². The Balaban J connectivity index is 2.48. The lowest BCUT2D eigenvalue weighted by molar-refractivity contribution is 0.159. The van der Waals surface area contributed by atoms with Gasteiger partial charge in [0.1, 0.15) is 0 Å². The Labute approximate surface area is 105 Å². The van der Waals surface area contributed by atoms with E-state index in [1.807, 2.05) is 18.9 Å². The van der Waals surface area contributed by atoms with Crippen LogP contribution in [0, 0.1) is 0 Å². The molecule has 17 heavy (non-hydrogen) atoms. The van der Waals surface area contributed by atoms with Crippen LogP contribution in [-0.2, 0) is 0 Å². The maximum Gasteiger partial charge on any atom is 0.319 e. The third-order valence-electron chi connectivity index (χ3n) is 3.46. The molecule has 0 bridgehead atoms. The molecule has 0 aromatic rings. The van der Waals surface area contributed by atoms with Crippen molar-refractivity contribution in [3.8, 4) is 0 Å². The first-order valence-corrected chi connectivity index (χ1v) is 6.92. The van der Waals surface area contributed by atoms with Gasteiger partial charge in [0.25, 0.3) is 0 Å². The molecular formula is C13H27N3O. The molecule has 1 aliphatic rings. The van der Waals surface area contributed by atoms with Crippen LogP contribution in [0.2, 0.25) is 0 Å². The molecule has 0 aromatic carbocycles. The van der Waals surface area contributed by atoms with Crippen LogP contribution in [0.5, 0.6) is 0 Å². The van der Waals surface area contributed by atoms with Crippen LogP contribution in [0.15, 0.2) is 0 Å². The van der Waals surface area contributed by atoms with Gasteiger partial charge in [0.2, 0.25) is 0 Å². The highest BCUT2D eigenvalue weighted by Crippen LogP contribution is 2.09. The van der Waals surface area contributed by atoms with Crippen LogP contribution in [-0.4, -0.2) is 55.1 Å². The van der Waals surface area contributed by atoms with E-state index >= 15 is 0 Å². The van der Waals surface area contributed by atoms with Gasteiger partial charge >= 0.3 is 6.03 Å². The van der Waals surface area contributed by atoms with E-state index in [0.29, 0.717) is 6.04 Å². The summed E-state index contributed by atoms with van der Waals surface area (Å²) in [6, 6.07) is 0.677. The van der Waals surface area contributed by atoms with E-state index in [-0.39, 0.29) is 6.03 Å². The van der Waals surface area contributed by atoms with Gasteiger partial charge in [-0.3, -0.25) is 0 Å². The maximum atomic E-state index is 12.2. The van der Waals surface area contributed by atoms with E-state index in [1.165, 1.54) is 12.8 Å². The lowest BCUT2D eigenvalue weighted by Crippen LogP contribution is -2.46. The van der Waals surface area contributed by atoms with Gasteiger partial charge in [-0.2, -0.15) is 0 Å². The zero-order chi connectivity index (χ0) is 12.7. The van der Waals surface area contributed by atoms with E-state index in [0.717, 1.165) is 39.0 Å². The summed E-state index contributed by atoms with van der Waals surface area (Å²) >= 11 is 0. The molecule has 0 aliphatic carbocycles. The van der Waals surface area contributed by atoms with Gasteiger partial charge in [-0.15, -0.1) is 0 Å².